The van der Waals surface area contributed by atoms with Gasteiger partial charge in [0, 0.05) is 23.2 Å². The summed E-state index contributed by atoms with van der Waals surface area (Å²) < 4.78 is 21.1. The van der Waals surface area contributed by atoms with Gasteiger partial charge in [0.1, 0.15) is 16.6 Å². The third kappa shape index (κ3) is 4.97. The Balaban J connectivity index is 1.44. The highest BCUT2D eigenvalue weighted by Crippen LogP contribution is 2.30. The van der Waals surface area contributed by atoms with Crippen molar-refractivity contribution >= 4 is 23.1 Å². The minimum absolute atomic E-state index is 0.289. The van der Waals surface area contributed by atoms with E-state index in [0.717, 1.165) is 28.2 Å². The maximum absolute atomic E-state index is 13.1. The van der Waals surface area contributed by atoms with Crippen LogP contribution in [0.15, 0.2) is 59.1 Å². The summed E-state index contributed by atoms with van der Waals surface area (Å²) in [5.41, 5.74) is 3.42. The number of halogens is 1. The molecule has 5 nitrogen and oxygen atoms in total. The summed E-state index contributed by atoms with van der Waals surface area (Å²) in [5, 5.41) is 12.7. The number of ether oxygens (including phenoxy) is 1. The van der Waals surface area contributed by atoms with Gasteiger partial charge in [-0.25, -0.2) is 9.37 Å². The number of benzene rings is 2. The molecular weight excluding hydrogens is 431 g/mol. The lowest BCUT2D eigenvalue weighted by atomic mass is 10.1. The normalized spacial score (nSPS) is 12.1. The van der Waals surface area contributed by atoms with Crippen LogP contribution in [0.2, 0.25) is 0 Å². The number of hydrogen-bond acceptors (Lipinski definition) is 6. The van der Waals surface area contributed by atoms with Gasteiger partial charge in [-0.3, -0.25) is 0 Å². The van der Waals surface area contributed by atoms with Crippen LogP contribution < -0.4 is 4.74 Å². The maximum Gasteiger partial charge on any atom is 0.191 e. The number of aryl methyl sites for hydroxylation is 1. The quantitative estimate of drug-likeness (QED) is 0.292. The van der Waals surface area contributed by atoms with E-state index in [-0.39, 0.29) is 11.9 Å². The molecule has 0 saturated heterocycles. The smallest absolute Gasteiger partial charge is 0.191 e. The van der Waals surface area contributed by atoms with Crippen LogP contribution in [-0.2, 0) is 12.3 Å². The third-order valence-electron chi connectivity index (χ3n) is 4.83. The number of hydrogen-bond donors (Lipinski definition) is 0. The first-order valence-electron chi connectivity index (χ1n) is 10.0. The first-order chi connectivity index (χ1) is 15.0. The van der Waals surface area contributed by atoms with Crippen molar-refractivity contribution in [2.75, 3.05) is 0 Å². The second-order valence-electron chi connectivity index (χ2n) is 7.05. The van der Waals surface area contributed by atoms with Crippen molar-refractivity contribution in [3.8, 4) is 16.3 Å². The van der Waals surface area contributed by atoms with Gasteiger partial charge in [-0.1, -0.05) is 36.0 Å². The fraction of sp³-hybridized carbons (Fsp3) is 0.261. The molecular formula is C23H23FN4OS2. The van der Waals surface area contributed by atoms with Gasteiger partial charge in [0.25, 0.3) is 0 Å². The largest absolute Gasteiger partial charge is 0.483 e. The van der Waals surface area contributed by atoms with Gasteiger partial charge in [0.2, 0.25) is 0 Å². The highest BCUT2D eigenvalue weighted by Gasteiger charge is 2.19. The second kappa shape index (κ2) is 9.62. The first kappa shape index (κ1) is 21.5. The predicted octanol–water partition coefficient (Wildman–Crippen LogP) is 6.30. The van der Waals surface area contributed by atoms with Crippen LogP contribution in [0.3, 0.4) is 0 Å². The highest BCUT2D eigenvalue weighted by molar-refractivity contribution is 7.98. The van der Waals surface area contributed by atoms with Gasteiger partial charge in [-0.15, -0.1) is 21.5 Å². The molecule has 0 aliphatic rings. The Kier molecular flexibility index (Phi) is 6.67. The van der Waals surface area contributed by atoms with Crippen LogP contribution in [0.4, 0.5) is 4.39 Å². The summed E-state index contributed by atoms with van der Waals surface area (Å²) in [6, 6.07) is 14.3. The lowest BCUT2D eigenvalue weighted by Gasteiger charge is -2.15. The summed E-state index contributed by atoms with van der Waals surface area (Å²) in [7, 11) is 0. The first-order valence-corrected chi connectivity index (χ1v) is 11.9. The number of thiazole rings is 1. The second-order valence-corrected chi connectivity index (χ2v) is 8.85. The van der Waals surface area contributed by atoms with Crippen molar-refractivity contribution in [2.24, 2.45) is 0 Å². The average molecular weight is 455 g/mol. The van der Waals surface area contributed by atoms with Crippen LogP contribution in [0, 0.1) is 12.7 Å². The molecule has 1 atom stereocenters. The topological polar surface area (TPSA) is 52.8 Å². The standard InChI is InChI=1S/C23H23FN4OS2/c1-4-28-21(16(3)29-19-11-9-17(24)10-12-19)26-27-23(28)31-14-18-13-30-22(25-18)20-8-6-5-7-15(20)2/h5-13,16H,4,14H2,1-3H3. The molecule has 0 amide bonds. The molecule has 8 heteroatoms. The van der Waals surface area contributed by atoms with Crippen molar-refractivity contribution < 1.29 is 9.13 Å². The Morgan fingerprint density at radius 1 is 1.13 bits per heavy atom. The summed E-state index contributed by atoms with van der Waals surface area (Å²) in [5.74, 6) is 1.77. The molecule has 0 N–H and O–H groups in total. The molecule has 0 saturated carbocycles. The van der Waals surface area contributed by atoms with Crippen LogP contribution in [0.1, 0.15) is 37.0 Å². The monoisotopic (exact) mass is 454 g/mol. The molecule has 2 aromatic carbocycles. The molecule has 0 spiro atoms. The molecule has 0 bridgehead atoms. The molecule has 0 aliphatic heterocycles. The van der Waals surface area contributed by atoms with E-state index in [2.05, 4.69) is 41.6 Å². The minimum Gasteiger partial charge on any atom is -0.483 e. The minimum atomic E-state index is -0.306. The van der Waals surface area contributed by atoms with E-state index in [4.69, 9.17) is 9.72 Å². The predicted molar refractivity (Wildman–Crippen MR) is 123 cm³/mol. The van der Waals surface area contributed by atoms with Crippen LogP contribution in [0.5, 0.6) is 5.75 Å². The van der Waals surface area contributed by atoms with E-state index >= 15 is 0 Å². The van der Waals surface area contributed by atoms with Crippen LogP contribution in [-0.4, -0.2) is 19.7 Å². The van der Waals surface area contributed by atoms with Crippen LogP contribution in [0.25, 0.3) is 10.6 Å². The molecule has 4 aromatic rings. The van der Waals surface area contributed by atoms with E-state index in [1.165, 1.54) is 23.3 Å². The molecule has 0 aliphatic carbocycles. The molecule has 2 heterocycles. The zero-order valence-corrected chi connectivity index (χ0v) is 19.2. The average Bonchev–Trinajstić information content (AvgIpc) is 3.41. The van der Waals surface area contributed by atoms with Gasteiger partial charge in [-0.2, -0.15) is 0 Å². The number of rotatable bonds is 8. The third-order valence-corrected chi connectivity index (χ3v) is 6.75. The zero-order chi connectivity index (χ0) is 21.8. The molecule has 2 aromatic heterocycles. The summed E-state index contributed by atoms with van der Waals surface area (Å²) in [6.45, 7) is 6.81. The number of aromatic nitrogens is 4. The van der Waals surface area contributed by atoms with Crippen molar-refractivity contribution in [3.63, 3.8) is 0 Å². The Bertz CT molecular complexity index is 1160. The molecule has 160 valence electrons. The van der Waals surface area contributed by atoms with Gasteiger partial charge >= 0.3 is 0 Å². The Hall–Kier alpha value is -2.71. The number of thioether (sulfide) groups is 1. The maximum atomic E-state index is 13.1. The highest BCUT2D eigenvalue weighted by atomic mass is 32.2. The Morgan fingerprint density at radius 2 is 1.90 bits per heavy atom. The fourth-order valence-corrected chi connectivity index (χ4v) is 5.14. The molecule has 4 rings (SSSR count). The SMILES string of the molecule is CCn1c(SCc2csc(-c3ccccc3C)n2)nnc1C(C)Oc1ccc(F)cc1. The number of nitrogens with zero attached hydrogens (tertiary/aromatic N) is 4. The fourth-order valence-electron chi connectivity index (χ4n) is 3.22. The van der Waals surface area contributed by atoms with Crippen molar-refractivity contribution in [2.45, 2.75) is 44.3 Å². The van der Waals surface area contributed by atoms with E-state index < -0.39 is 0 Å². The van der Waals surface area contributed by atoms with Crippen molar-refractivity contribution in [3.05, 3.63) is 76.8 Å². The van der Waals surface area contributed by atoms with Gasteiger partial charge < -0.3 is 9.30 Å². The molecule has 1 unspecified atom stereocenters. The molecule has 0 fully saturated rings. The molecule has 0 radical (unpaired) electrons. The van der Waals surface area contributed by atoms with E-state index in [0.29, 0.717) is 11.5 Å². The lowest BCUT2D eigenvalue weighted by molar-refractivity contribution is 0.209. The lowest BCUT2D eigenvalue weighted by Crippen LogP contribution is -2.12. The van der Waals surface area contributed by atoms with Gasteiger partial charge in [-0.05, 0) is 50.6 Å². The van der Waals surface area contributed by atoms with Gasteiger partial charge in [0.05, 0.1) is 5.69 Å². The van der Waals surface area contributed by atoms with E-state index in [1.807, 2.05) is 23.6 Å². The summed E-state index contributed by atoms with van der Waals surface area (Å²) in [4.78, 5) is 4.80. The van der Waals surface area contributed by atoms with Crippen molar-refractivity contribution in [1.82, 2.24) is 19.7 Å². The van der Waals surface area contributed by atoms with Crippen LogP contribution >= 0.6 is 23.1 Å². The van der Waals surface area contributed by atoms with Crippen molar-refractivity contribution in [1.29, 1.82) is 0 Å². The Morgan fingerprint density at radius 3 is 2.65 bits per heavy atom. The summed E-state index contributed by atoms with van der Waals surface area (Å²) >= 11 is 3.27. The zero-order valence-electron chi connectivity index (χ0n) is 17.6. The van der Waals surface area contributed by atoms with E-state index in [1.54, 1.807) is 35.2 Å². The summed E-state index contributed by atoms with van der Waals surface area (Å²) in [6.07, 6.45) is -0.306. The molecule has 31 heavy (non-hydrogen) atoms. The van der Waals surface area contributed by atoms with E-state index in [9.17, 15) is 4.39 Å². The van der Waals surface area contributed by atoms with Gasteiger partial charge in [0.15, 0.2) is 17.1 Å². The Labute approximate surface area is 189 Å².